The third-order valence-corrected chi connectivity index (χ3v) is 4.71. The van der Waals surface area contributed by atoms with Crippen molar-refractivity contribution < 1.29 is 18.8 Å². The van der Waals surface area contributed by atoms with E-state index in [1.807, 2.05) is 13.2 Å². The quantitative estimate of drug-likeness (QED) is 0.335. The molecular formula is C15H18N4O4S2. The number of thioether (sulfide) groups is 2. The highest BCUT2D eigenvalue weighted by atomic mass is 32.2. The van der Waals surface area contributed by atoms with Crippen molar-refractivity contribution in [1.82, 2.24) is 15.1 Å². The van der Waals surface area contributed by atoms with Gasteiger partial charge >= 0.3 is 5.97 Å². The van der Waals surface area contributed by atoms with E-state index in [2.05, 4.69) is 20.4 Å². The highest BCUT2D eigenvalue weighted by Gasteiger charge is 2.18. The first kappa shape index (κ1) is 19.3. The van der Waals surface area contributed by atoms with E-state index < -0.39 is 5.97 Å². The van der Waals surface area contributed by atoms with E-state index in [4.69, 9.17) is 9.26 Å². The molecule has 2 aromatic rings. The lowest BCUT2D eigenvalue weighted by Crippen LogP contribution is -2.15. The molecule has 0 aliphatic carbocycles. The summed E-state index contributed by atoms with van der Waals surface area (Å²) in [6.07, 6.45) is 3.25. The molecule has 0 bridgehead atoms. The fraction of sp³-hybridized carbons (Fsp3) is 0.400. The predicted molar refractivity (Wildman–Crippen MR) is 95.1 cm³/mol. The Hall–Kier alpha value is -2.07. The Balaban J connectivity index is 2.09. The Labute approximate surface area is 153 Å². The highest BCUT2D eigenvalue weighted by Crippen LogP contribution is 2.24. The van der Waals surface area contributed by atoms with E-state index >= 15 is 0 Å². The molecule has 0 aliphatic rings. The summed E-state index contributed by atoms with van der Waals surface area (Å²) in [4.78, 5) is 32.5. The molecule has 0 unspecified atom stereocenters. The molecule has 0 atom stereocenters. The van der Waals surface area contributed by atoms with Crippen LogP contribution in [0.25, 0.3) is 0 Å². The zero-order valence-electron chi connectivity index (χ0n) is 14.3. The van der Waals surface area contributed by atoms with Gasteiger partial charge in [-0.3, -0.25) is 10.1 Å². The minimum atomic E-state index is -0.514. The molecule has 2 aromatic heterocycles. The molecule has 1 amide bonds. The number of hydrogen-bond acceptors (Lipinski definition) is 9. The molecular weight excluding hydrogens is 364 g/mol. The molecule has 10 heteroatoms. The number of hydrogen-bond donors (Lipinski definition) is 1. The molecule has 0 saturated heterocycles. The fourth-order valence-corrected chi connectivity index (χ4v) is 2.92. The lowest BCUT2D eigenvalue weighted by molar-refractivity contribution is -0.113. The summed E-state index contributed by atoms with van der Waals surface area (Å²) in [5, 5.41) is 7.35. The largest absolute Gasteiger partial charge is 0.462 e. The lowest BCUT2D eigenvalue weighted by Gasteiger charge is -2.08. The van der Waals surface area contributed by atoms with Gasteiger partial charge in [0.05, 0.1) is 18.1 Å². The summed E-state index contributed by atoms with van der Waals surface area (Å²) in [5.74, 6) is -0.430. The molecule has 0 aromatic carbocycles. The summed E-state index contributed by atoms with van der Waals surface area (Å²) in [7, 11) is 0. The summed E-state index contributed by atoms with van der Waals surface area (Å²) in [6.45, 7) is 5.57. The van der Waals surface area contributed by atoms with Gasteiger partial charge in [0.25, 0.3) is 0 Å². The molecule has 2 rings (SSSR count). The molecule has 8 nitrogen and oxygen atoms in total. The zero-order chi connectivity index (χ0) is 18.4. The summed E-state index contributed by atoms with van der Waals surface area (Å²) >= 11 is 2.48. The molecule has 25 heavy (non-hydrogen) atoms. The van der Waals surface area contributed by atoms with Crippen LogP contribution in [0.3, 0.4) is 0 Å². The maximum absolute atomic E-state index is 12.1. The van der Waals surface area contributed by atoms with Gasteiger partial charge in [-0.25, -0.2) is 14.8 Å². The van der Waals surface area contributed by atoms with Crippen molar-refractivity contribution in [1.29, 1.82) is 0 Å². The summed E-state index contributed by atoms with van der Waals surface area (Å²) in [5.41, 5.74) is 1.73. The van der Waals surface area contributed by atoms with E-state index in [0.29, 0.717) is 21.8 Å². The lowest BCUT2D eigenvalue weighted by atomic mass is 10.3. The molecule has 1 N–H and O–H groups in total. The third kappa shape index (κ3) is 4.95. The fourth-order valence-electron chi connectivity index (χ4n) is 1.74. The van der Waals surface area contributed by atoms with Crippen LogP contribution in [0.1, 0.15) is 28.5 Å². The number of carbonyl (C=O) groups is 2. The number of nitrogens with zero attached hydrogens (tertiary/aromatic N) is 3. The molecule has 0 radical (unpaired) electrons. The monoisotopic (exact) mass is 382 g/mol. The molecule has 134 valence electrons. The topological polar surface area (TPSA) is 107 Å². The standard InChI is InChI=1S/C15H18N4O4S2/c1-5-22-14(21)10-6-16-15(24-4)18-13(10)25-7-11(20)17-12-8(2)9(3)19-23-12/h6H,5,7H2,1-4H3,(H,17,20). The Kier molecular flexibility index (Phi) is 6.82. The first-order chi connectivity index (χ1) is 12.0. The van der Waals surface area contributed by atoms with Crippen molar-refractivity contribution in [3.8, 4) is 0 Å². The van der Waals surface area contributed by atoms with Crippen LogP contribution < -0.4 is 5.32 Å². The number of aromatic nitrogens is 3. The number of amides is 1. The van der Waals surface area contributed by atoms with Crippen LogP contribution in [0.5, 0.6) is 0 Å². The van der Waals surface area contributed by atoms with Crippen molar-refractivity contribution in [2.45, 2.75) is 31.0 Å². The van der Waals surface area contributed by atoms with Crippen molar-refractivity contribution in [2.75, 3.05) is 23.9 Å². The highest BCUT2D eigenvalue weighted by molar-refractivity contribution is 8.00. The van der Waals surface area contributed by atoms with Gasteiger partial charge in [-0.05, 0) is 27.0 Å². The van der Waals surface area contributed by atoms with Crippen LogP contribution in [0.2, 0.25) is 0 Å². The van der Waals surface area contributed by atoms with E-state index in [9.17, 15) is 9.59 Å². The maximum atomic E-state index is 12.1. The van der Waals surface area contributed by atoms with Crippen LogP contribution in [0.4, 0.5) is 5.88 Å². The molecule has 0 spiro atoms. The maximum Gasteiger partial charge on any atom is 0.342 e. The Bertz CT molecular complexity index is 779. The smallest absolute Gasteiger partial charge is 0.342 e. The number of rotatable bonds is 7. The minimum absolute atomic E-state index is 0.0520. The van der Waals surface area contributed by atoms with Crippen molar-refractivity contribution in [3.63, 3.8) is 0 Å². The normalized spacial score (nSPS) is 10.6. The predicted octanol–water partition coefficient (Wildman–Crippen LogP) is 2.71. The average Bonchev–Trinajstić information content (AvgIpc) is 2.92. The van der Waals surface area contributed by atoms with Crippen molar-refractivity contribution in [3.05, 3.63) is 23.0 Å². The van der Waals surface area contributed by atoms with Crippen LogP contribution in [0.15, 0.2) is 20.9 Å². The SMILES string of the molecule is CCOC(=O)c1cnc(SC)nc1SCC(=O)Nc1onc(C)c1C. The second kappa shape index (κ2) is 8.86. The summed E-state index contributed by atoms with van der Waals surface area (Å²) in [6, 6.07) is 0. The first-order valence-electron chi connectivity index (χ1n) is 7.39. The Morgan fingerprint density at radius 1 is 1.36 bits per heavy atom. The average molecular weight is 382 g/mol. The van der Waals surface area contributed by atoms with E-state index in [1.165, 1.54) is 18.0 Å². The Morgan fingerprint density at radius 2 is 2.12 bits per heavy atom. The van der Waals surface area contributed by atoms with Crippen LogP contribution in [0, 0.1) is 13.8 Å². The molecule has 2 heterocycles. The van der Waals surface area contributed by atoms with Crippen LogP contribution >= 0.6 is 23.5 Å². The van der Waals surface area contributed by atoms with Gasteiger partial charge in [-0.2, -0.15) is 0 Å². The number of esters is 1. The third-order valence-electron chi connectivity index (χ3n) is 3.16. The van der Waals surface area contributed by atoms with Crippen molar-refractivity contribution >= 4 is 41.3 Å². The van der Waals surface area contributed by atoms with Crippen LogP contribution in [-0.2, 0) is 9.53 Å². The van der Waals surface area contributed by atoms with E-state index in [-0.39, 0.29) is 23.8 Å². The second-order valence-corrected chi connectivity index (χ2v) is 6.59. The number of anilines is 1. The number of aryl methyl sites for hydroxylation is 1. The van der Waals surface area contributed by atoms with Crippen molar-refractivity contribution in [2.24, 2.45) is 0 Å². The second-order valence-electron chi connectivity index (χ2n) is 4.85. The number of nitrogens with one attached hydrogen (secondary N) is 1. The number of ether oxygens (including phenoxy) is 1. The van der Waals surface area contributed by atoms with Gasteiger partial charge in [0.15, 0.2) is 5.16 Å². The van der Waals surface area contributed by atoms with Gasteiger partial charge < -0.3 is 9.26 Å². The summed E-state index contributed by atoms with van der Waals surface area (Å²) < 4.78 is 10.1. The number of carbonyl (C=O) groups excluding carboxylic acids is 2. The first-order valence-corrected chi connectivity index (χ1v) is 9.61. The molecule has 0 saturated carbocycles. The van der Waals surface area contributed by atoms with Gasteiger partial charge in [-0.1, -0.05) is 28.7 Å². The van der Waals surface area contributed by atoms with Crippen LogP contribution in [-0.4, -0.2) is 45.6 Å². The van der Waals surface area contributed by atoms with E-state index in [0.717, 1.165) is 17.3 Å². The van der Waals surface area contributed by atoms with Gasteiger partial charge in [0.1, 0.15) is 10.6 Å². The zero-order valence-corrected chi connectivity index (χ0v) is 15.9. The molecule has 0 aliphatic heterocycles. The van der Waals surface area contributed by atoms with Gasteiger partial charge in [0.2, 0.25) is 11.8 Å². The minimum Gasteiger partial charge on any atom is -0.462 e. The Morgan fingerprint density at radius 3 is 2.72 bits per heavy atom. The van der Waals surface area contributed by atoms with Gasteiger partial charge in [0, 0.05) is 11.8 Å². The molecule has 0 fully saturated rings. The van der Waals surface area contributed by atoms with Gasteiger partial charge in [-0.15, -0.1) is 0 Å². The van der Waals surface area contributed by atoms with E-state index in [1.54, 1.807) is 13.8 Å².